The van der Waals surface area contributed by atoms with Gasteiger partial charge in [0.2, 0.25) is 0 Å². The maximum absolute atomic E-state index is 12.4. The quantitative estimate of drug-likeness (QED) is 0.743. The van der Waals surface area contributed by atoms with Crippen LogP contribution in [-0.4, -0.2) is 30.2 Å². The third-order valence-electron chi connectivity index (χ3n) is 4.14. The molecule has 2 aromatic rings. The Balaban J connectivity index is 1.50. The molecular weight excluding hydrogens is 314 g/mol. The number of benzene rings is 2. The Hall–Kier alpha value is -2.59. The van der Waals surface area contributed by atoms with Crippen molar-refractivity contribution in [2.75, 3.05) is 13.2 Å². The van der Waals surface area contributed by atoms with Crippen molar-refractivity contribution in [3.8, 4) is 0 Å². The van der Waals surface area contributed by atoms with Crippen molar-refractivity contribution in [3.05, 3.63) is 83.9 Å². The predicted octanol–water partition coefficient (Wildman–Crippen LogP) is 4.17. The molecule has 4 nitrogen and oxygen atoms in total. The predicted molar refractivity (Wildman–Crippen MR) is 97.0 cm³/mol. The molecule has 0 spiro atoms. The lowest BCUT2D eigenvalue weighted by Crippen LogP contribution is -2.44. The number of carbonyl (C=O) groups excluding carboxylic acids is 1. The highest BCUT2D eigenvalue weighted by atomic mass is 16.6. The summed E-state index contributed by atoms with van der Waals surface area (Å²) in [5.41, 5.74) is 2.11. The Morgan fingerprint density at radius 2 is 1.60 bits per heavy atom. The Morgan fingerprint density at radius 3 is 2.28 bits per heavy atom. The number of hydrogen-bond acceptors (Lipinski definition) is 3. The van der Waals surface area contributed by atoms with E-state index in [2.05, 4.69) is 6.08 Å². The molecule has 0 fully saturated rings. The number of amides is 1. The molecule has 1 amide bonds. The largest absolute Gasteiger partial charge is 0.445 e. The minimum atomic E-state index is -0.290. The fourth-order valence-corrected chi connectivity index (χ4v) is 2.78. The van der Waals surface area contributed by atoms with Crippen LogP contribution in [0.15, 0.2) is 72.8 Å². The summed E-state index contributed by atoms with van der Waals surface area (Å²) < 4.78 is 11.3. The van der Waals surface area contributed by atoms with Crippen LogP contribution in [0, 0.1) is 0 Å². The highest BCUT2D eigenvalue weighted by Crippen LogP contribution is 2.14. The van der Waals surface area contributed by atoms with Gasteiger partial charge in [-0.25, -0.2) is 4.79 Å². The number of nitrogens with zero attached hydrogens (tertiary/aromatic N) is 1. The van der Waals surface area contributed by atoms with Crippen LogP contribution in [-0.2, 0) is 22.7 Å². The number of carbonyl (C=O) groups is 1. The van der Waals surface area contributed by atoms with Gasteiger partial charge < -0.3 is 9.47 Å². The minimum Gasteiger partial charge on any atom is -0.445 e. The molecule has 0 saturated heterocycles. The number of hydrogen-bond donors (Lipinski definition) is 0. The van der Waals surface area contributed by atoms with Crippen molar-refractivity contribution in [3.63, 3.8) is 0 Å². The van der Waals surface area contributed by atoms with E-state index in [1.54, 1.807) is 4.90 Å². The Morgan fingerprint density at radius 1 is 0.960 bits per heavy atom. The summed E-state index contributed by atoms with van der Waals surface area (Å²) >= 11 is 0. The third-order valence-corrected chi connectivity index (χ3v) is 4.14. The van der Waals surface area contributed by atoms with Crippen molar-refractivity contribution < 1.29 is 14.3 Å². The molecular formula is C21H23NO3. The summed E-state index contributed by atoms with van der Waals surface area (Å²) in [7, 11) is 0. The molecule has 1 aliphatic rings. The molecule has 0 aliphatic carbocycles. The maximum Gasteiger partial charge on any atom is 0.410 e. The van der Waals surface area contributed by atoms with Gasteiger partial charge >= 0.3 is 6.09 Å². The van der Waals surface area contributed by atoms with Crippen LogP contribution < -0.4 is 0 Å². The van der Waals surface area contributed by atoms with Gasteiger partial charge in [0.05, 0.1) is 19.3 Å². The number of rotatable bonds is 6. The van der Waals surface area contributed by atoms with Gasteiger partial charge in [0.1, 0.15) is 6.61 Å². The summed E-state index contributed by atoms with van der Waals surface area (Å²) in [6, 6.07) is 19.7. The van der Waals surface area contributed by atoms with Crippen LogP contribution >= 0.6 is 0 Å². The molecule has 4 heteroatoms. The zero-order chi connectivity index (χ0) is 17.3. The Bertz CT molecular complexity index is 685. The molecule has 0 bridgehead atoms. The first-order valence-electron chi connectivity index (χ1n) is 8.58. The van der Waals surface area contributed by atoms with E-state index in [-0.39, 0.29) is 18.7 Å². The normalized spacial score (nSPS) is 16.6. The molecule has 1 atom stereocenters. The van der Waals surface area contributed by atoms with E-state index >= 15 is 0 Å². The van der Waals surface area contributed by atoms with Gasteiger partial charge in [-0.05, 0) is 17.5 Å². The standard InChI is InChI=1S/C21H23NO3/c23-21(25-16-19-11-5-2-6-12-19)22-14-8-7-13-20(22)17-24-15-18-9-3-1-4-10-18/h1-7,9-13,20H,8,14-17H2/t20-/m0/s1. The second kappa shape index (κ2) is 9.04. The monoisotopic (exact) mass is 337 g/mol. The van der Waals surface area contributed by atoms with Crippen LogP contribution in [0.3, 0.4) is 0 Å². The summed E-state index contributed by atoms with van der Waals surface area (Å²) in [6.07, 6.45) is 4.67. The zero-order valence-corrected chi connectivity index (χ0v) is 14.2. The zero-order valence-electron chi connectivity index (χ0n) is 14.2. The van der Waals surface area contributed by atoms with Gasteiger partial charge in [-0.15, -0.1) is 0 Å². The van der Waals surface area contributed by atoms with E-state index in [9.17, 15) is 4.79 Å². The lowest BCUT2D eigenvalue weighted by molar-refractivity contribution is 0.0459. The summed E-state index contributed by atoms with van der Waals surface area (Å²) in [4.78, 5) is 14.2. The first-order valence-corrected chi connectivity index (χ1v) is 8.58. The molecule has 0 N–H and O–H groups in total. The fourth-order valence-electron chi connectivity index (χ4n) is 2.78. The van der Waals surface area contributed by atoms with Crippen molar-refractivity contribution in [2.24, 2.45) is 0 Å². The van der Waals surface area contributed by atoms with Crippen LogP contribution in [0.4, 0.5) is 4.79 Å². The van der Waals surface area contributed by atoms with E-state index in [1.165, 1.54) is 0 Å². The van der Waals surface area contributed by atoms with E-state index in [0.717, 1.165) is 17.5 Å². The molecule has 1 aliphatic heterocycles. The minimum absolute atomic E-state index is 0.0827. The molecule has 130 valence electrons. The highest BCUT2D eigenvalue weighted by Gasteiger charge is 2.25. The van der Waals surface area contributed by atoms with Gasteiger partial charge in [0, 0.05) is 6.54 Å². The van der Waals surface area contributed by atoms with Crippen molar-refractivity contribution >= 4 is 6.09 Å². The average molecular weight is 337 g/mol. The van der Waals surface area contributed by atoms with Crippen molar-refractivity contribution in [2.45, 2.75) is 25.7 Å². The van der Waals surface area contributed by atoms with E-state index in [0.29, 0.717) is 19.8 Å². The van der Waals surface area contributed by atoms with E-state index in [4.69, 9.17) is 9.47 Å². The molecule has 0 unspecified atom stereocenters. The molecule has 1 heterocycles. The first-order chi connectivity index (χ1) is 12.3. The Labute approximate surface area is 148 Å². The van der Waals surface area contributed by atoms with E-state index in [1.807, 2.05) is 66.7 Å². The van der Waals surface area contributed by atoms with Crippen LogP contribution in [0.1, 0.15) is 17.5 Å². The second-order valence-electron chi connectivity index (χ2n) is 6.02. The maximum atomic E-state index is 12.4. The SMILES string of the molecule is O=C(OCc1ccccc1)N1CCC=C[C@H]1COCc1ccccc1. The summed E-state index contributed by atoms with van der Waals surface area (Å²) in [6.45, 7) is 1.95. The smallest absolute Gasteiger partial charge is 0.410 e. The Kier molecular flexibility index (Phi) is 6.23. The van der Waals surface area contributed by atoms with Gasteiger partial charge in [-0.2, -0.15) is 0 Å². The molecule has 0 radical (unpaired) electrons. The first kappa shape index (κ1) is 17.2. The van der Waals surface area contributed by atoms with Gasteiger partial charge in [0.15, 0.2) is 0 Å². The molecule has 25 heavy (non-hydrogen) atoms. The lowest BCUT2D eigenvalue weighted by atomic mass is 10.1. The van der Waals surface area contributed by atoms with Crippen LogP contribution in [0.2, 0.25) is 0 Å². The van der Waals surface area contributed by atoms with Crippen molar-refractivity contribution in [1.82, 2.24) is 4.90 Å². The average Bonchev–Trinajstić information content (AvgIpc) is 2.68. The molecule has 3 rings (SSSR count). The number of ether oxygens (including phenoxy) is 2. The second-order valence-corrected chi connectivity index (χ2v) is 6.02. The van der Waals surface area contributed by atoms with Crippen LogP contribution in [0.5, 0.6) is 0 Å². The third kappa shape index (κ3) is 5.19. The molecule has 0 aromatic heterocycles. The van der Waals surface area contributed by atoms with Gasteiger partial charge in [-0.3, -0.25) is 4.90 Å². The summed E-state index contributed by atoms with van der Waals surface area (Å²) in [5.74, 6) is 0. The lowest BCUT2D eigenvalue weighted by Gasteiger charge is -2.31. The van der Waals surface area contributed by atoms with Gasteiger partial charge in [-0.1, -0.05) is 72.8 Å². The molecule has 0 saturated carbocycles. The van der Waals surface area contributed by atoms with Crippen molar-refractivity contribution in [1.29, 1.82) is 0 Å². The van der Waals surface area contributed by atoms with Gasteiger partial charge in [0.25, 0.3) is 0 Å². The molecule has 2 aromatic carbocycles. The van der Waals surface area contributed by atoms with Crippen LogP contribution in [0.25, 0.3) is 0 Å². The fraction of sp³-hybridized carbons (Fsp3) is 0.286. The summed E-state index contributed by atoms with van der Waals surface area (Å²) in [5, 5.41) is 0. The topological polar surface area (TPSA) is 38.8 Å². The van der Waals surface area contributed by atoms with E-state index < -0.39 is 0 Å². The highest BCUT2D eigenvalue weighted by molar-refractivity contribution is 5.68.